The highest BCUT2D eigenvalue weighted by atomic mass is 16.1. The molecule has 1 unspecified atom stereocenters. The maximum absolute atomic E-state index is 12.5. The predicted molar refractivity (Wildman–Crippen MR) is 91.8 cm³/mol. The summed E-state index contributed by atoms with van der Waals surface area (Å²) < 4.78 is 0. The fourth-order valence-corrected chi connectivity index (χ4v) is 3.17. The predicted octanol–water partition coefficient (Wildman–Crippen LogP) is 3.45. The molecule has 2 rings (SSSR count). The zero-order valence-corrected chi connectivity index (χ0v) is 14.2. The number of aryl methyl sites for hydroxylation is 1. The molecule has 1 aromatic rings. The number of benzene rings is 1. The Morgan fingerprint density at radius 3 is 2.41 bits per heavy atom. The van der Waals surface area contributed by atoms with E-state index in [0.717, 1.165) is 32.4 Å². The Labute approximate surface area is 134 Å². The summed E-state index contributed by atoms with van der Waals surface area (Å²) in [5.41, 5.74) is 2.59. The standard InChI is InChI=1S/C19H30N2O/c1-4-5-15-6-8-16(9-7-15)18(14(2)3)21-19(22)17-10-12-20-13-11-17/h6-9,14,17-18,20H,4-5,10-13H2,1-3H3,(H,21,22). The van der Waals surface area contributed by atoms with Crippen LogP contribution in [0.25, 0.3) is 0 Å². The molecule has 1 aromatic carbocycles. The zero-order chi connectivity index (χ0) is 15.9. The maximum atomic E-state index is 12.5. The highest BCUT2D eigenvalue weighted by Gasteiger charge is 2.25. The molecule has 22 heavy (non-hydrogen) atoms. The summed E-state index contributed by atoms with van der Waals surface area (Å²) >= 11 is 0. The quantitative estimate of drug-likeness (QED) is 0.845. The first kappa shape index (κ1) is 17.0. The van der Waals surface area contributed by atoms with Crippen molar-refractivity contribution in [3.05, 3.63) is 35.4 Å². The van der Waals surface area contributed by atoms with Crippen LogP contribution in [0.1, 0.15) is 57.2 Å². The lowest BCUT2D eigenvalue weighted by atomic mass is 9.92. The average Bonchev–Trinajstić information content (AvgIpc) is 2.54. The van der Waals surface area contributed by atoms with Crippen molar-refractivity contribution < 1.29 is 4.79 Å². The molecule has 1 fully saturated rings. The van der Waals surface area contributed by atoms with Gasteiger partial charge in [0.1, 0.15) is 0 Å². The third-order valence-electron chi connectivity index (χ3n) is 4.55. The topological polar surface area (TPSA) is 41.1 Å². The van der Waals surface area contributed by atoms with E-state index in [-0.39, 0.29) is 17.9 Å². The molecule has 0 bridgehead atoms. The van der Waals surface area contributed by atoms with Crippen molar-refractivity contribution in [3.8, 4) is 0 Å². The first-order chi connectivity index (χ1) is 10.6. The number of carbonyl (C=O) groups is 1. The second kappa shape index (κ2) is 8.33. The van der Waals surface area contributed by atoms with Gasteiger partial charge in [0, 0.05) is 5.92 Å². The number of carbonyl (C=O) groups excluding carboxylic acids is 1. The highest BCUT2D eigenvalue weighted by molar-refractivity contribution is 5.79. The summed E-state index contributed by atoms with van der Waals surface area (Å²) in [7, 11) is 0. The Bertz CT molecular complexity index is 461. The van der Waals surface area contributed by atoms with Crippen LogP contribution >= 0.6 is 0 Å². The molecule has 3 nitrogen and oxygen atoms in total. The minimum absolute atomic E-state index is 0.109. The summed E-state index contributed by atoms with van der Waals surface area (Å²) in [4.78, 5) is 12.5. The van der Waals surface area contributed by atoms with Gasteiger partial charge in [-0.3, -0.25) is 4.79 Å². The lowest BCUT2D eigenvalue weighted by Gasteiger charge is -2.28. The minimum Gasteiger partial charge on any atom is -0.349 e. The number of hydrogen-bond donors (Lipinski definition) is 2. The van der Waals surface area contributed by atoms with E-state index < -0.39 is 0 Å². The first-order valence-corrected chi connectivity index (χ1v) is 8.71. The van der Waals surface area contributed by atoms with Crippen LogP contribution in [0.2, 0.25) is 0 Å². The SMILES string of the molecule is CCCc1ccc(C(NC(=O)C2CCNCC2)C(C)C)cc1. The van der Waals surface area contributed by atoms with Gasteiger partial charge in [-0.05, 0) is 49.4 Å². The smallest absolute Gasteiger partial charge is 0.223 e. The van der Waals surface area contributed by atoms with Crippen LogP contribution in [0.15, 0.2) is 24.3 Å². The monoisotopic (exact) mass is 302 g/mol. The van der Waals surface area contributed by atoms with E-state index >= 15 is 0 Å². The Balaban J connectivity index is 2.03. The molecule has 1 heterocycles. The number of amides is 1. The van der Waals surface area contributed by atoms with Gasteiger partial charge in [-0.15, -0.1) is 0 Å². The van der Waals surface area contributed by atoms with Gasteiger partial charge in [0.2, 0.25) is 5.91 Å². The molecule has 1 aliphatic heterocycles. The van der Waals surface area contributed by atoms with Crippen LogP contribution in [-0.2, 0) is 11.2 Å². The fourth-order valence-electron chi connectivity index (χ4n) is 3.17. The fraction of sp³-hybridized carbons (Fsp3) is 0.632. The van der Waals surface area contributed by atoms with Gasteiger partial charge in [0.05, 0.1) is 6.04 Å². The molecule has 0 aliphatic carbocycles. The van der Waals surface area contributed by atoms with Gasteiger partial charge in [0.15, 0.2) is 0 Å². The number of rotatable bonds is 6. The van der Waals surface area contributed by atoms with Gasteiger partial charge < -0.3 is 10.6 Å². The summed E-state index contributed by atoms with van der Waals surface area (Å²) in [6.45, 7) is 8.46. The van der Waals surface area contributed by atoms with Gasteiger partial charge >= 0.3 is 0 Å². The number of piperidine rings is 1. The van der Waals surface area contributed by atoms with Gasteiger partial charge in [-0.2, -0.15) is 0 Å². The largest absolute Gasteiger partial charge is 0.349 e. The summed E-state index contributed by atoms with van der Waals surface area (Å²) in [5.74, 6) is 0.780. The van der Waals surface area contributed by atoms with Crippen molar-refractivity contribution in [2.75, 3.05) is 13.1 Å². The molecule has 122 valence electrons. The molecule has 0 saturated carbocycles. The normalized spacial score (nSPS) is 17.5. The Hall–Kier alpha value is -1.35. The van der Waals surface area contributed by atoms with E-state index in [4.69, 9.17) is 0 Å². The molecule has 0 spiro atoms. The Kier molecular flexibility index (Phi) is 6.44. The molecule has 1 amide bonds. The summed E-state index contributed by atoms with van der Waals surface area (Å²) in [6, 6.07) is 8.87. The van der Waals surface area contributed by atoms with E-state index in [1.54, 1.807) is 0 Å². The average molecular weight is 302 g/mol. The van der Waals surface area contributed by atoms with Crippen molar-refractivity contribution in [1.29, 1.82) is 0 Å². The van der Waals surface area contributed by atoms with E-state index in [1.807, 2.05) is 0 Å². The molecule has 3 heteroatoms. The molecule has 1 saturated heterocycles. The number of hydrogen-bond acceptors (Lipinski definition) is 2. The first-order valence-electron chi connectivity index (χ1n) is 8.71. The Morgan fingerprint density at radius 2 is 1.86 bits per heavy atom. The molecule has 0 aromatic heterocycles. The van der Waals surface area contributed by atoms with Crippen molar-refractivity contribution in [3.63, 3.8) is 0 Å². The third-order valence-corrected chi connectivity index (χ3v) is 4.55. The molecule has 1 aliphatic rings. The zero-order valence-electron chi connectivity index (χ0n) is 14.2. The van der Waals surface area contributed by atoms with Crippen LogP contribution in [0, 0.1) is 11.8 Å². The number of nitrogens with one attached hydrogen (secondary N) is 2. The van der Waals surface area contributed by atoms with Crippen LogP contribution in [0.4, 0.5) is 0 Å². The lowest BCUT2D eigenvalue weighted by Crippen LogP contribution is -2.40. The molecular weight excluding hydrogens is 272 g/mol. The highest BCUT2D eigenvalue weighted by Crippen LogP contribution is 2.24. The maximum Gasteiger partial charge on any atom is 0.223 e. The second-order valence-electron chi connectivity index (χ2n) is 6.75. The molecular formula is C19H30N2O. The minimum atomic E-state index is 0.109. The van der Waals surface area contributed by atoms with Crippen molar-refractivity contribution in [2.45, 2.75) is 52.5 Å². The van der Waals surface area contributed by atoms with Gasteiger partial charge in [-0.25, -0.2) is 0 Å². The third kappa shape index (κ3) is 4.57. The van der Waals surface area contributed by atoms with Crippen LogP contribution in [-0.4, -0.2) is 19.0 Å². The van der Waals surface area contributed by atoms with E-state index in [9.17, 15) is 4.79 Å². The molecule has 0 radical (unpaired) electrons. The van der Waals surface area contributed by atoms with Crippen molar-refractivity contribution in [2.24, 2.45) is 11.8 Å². The lowest BCUT2D eigenvalue weighted by molar-refractivity contribution is -0.126. The Morgan fingerprint density at radius 1 is 1.23 bits per heavy atom. The van der Waals surface area contributed by atoms with Crippen molar-refractivity contribution in [1.82, 2.24) is 10.6 Å². The van der Waals surface area contributed by atoms with Crippen molar-refractivity contribution >= 4 is 5.91 Å². The van der Waals surface area contributed by atoms with Gasteiger partial charge in [-0.1, -0.05) is 51.5 Å². The van der Waals surface area contributed by atoms with E-state index in [0.29, 0.717) is 5.92 Å². The van der Waals surface area contributed by atoms with Crippen LogP contribution < -0.4 is 10.6 Å². The van der Waals surface area contributed by atoms with E-state index in [2.05, 4.69) is 55.7 Å². The second-order valence-corrected chi connectivity index (χ2v) is 6.75. The summed E-state index contributed by atoms with van der Waals surface area (Å²) in [6.07, 6.45) is 4.19. The molecule has 1 atom stereocenters. The van der Waals surface area contributed by atoms with E-state index in [1.165, 1.54) is 17.5 Å². The van der Waals surface area contributed by atoms with Crippen LogP contribution in [0.5, 0.6) is 0 Å². The molecule has 2 N–H and O–H groups in total. The summed E-state index contributed by atoms with van der Waals surface area (Å²) in [5, 5.41) is 6.60. The van der Waals surface area contributed by atoms with Gasteiger partial charge in [0.25, 0.3) is 0 Å². The van der Waals surface area contributed by atoms with Crippen LogP contribution in [0.3, 0.4) is 0 Å².